The summed E-state index contributed by atoms with van der Waals surface area (Å²) in [6, 6.07) is 5.05. The predicted octanol–water partition coefficient (Wildman–Crippen LogP) is 4.27. The molecule has 4 nitrogen and oxygen atoms in total. The molecular formula is C16H21BrFIN4S. The number of hydrogen-bond acceptors (Lipinski definition) is 3. The van der Waals surface area contributed by atoms with Crippen LogP contribution in [0.25, 0.3) is 0 Å². The van der Waals surface area contributed by atoms with Crippen LogP contribution in [0.1, 0.15) is 22.4 Å². The first-order valence-corrected chi connectivity index (χ1v) is 9.07. The summed E-state index contributed by atoms with van der Waals surface area (Å²) in [5.41, 5.74) is 0.832. The van der Waals surface area contributed by atoms with Crippen molar-refractivity contribution in [2.45, 2.75) is 26.8 Å². The fourth-order valence-corrected chi connectivity index (χ4v) is 2.99. The first-order valence-electron chi connectivity index (χ1n) is 7.46. The van der Waals surface area contributed by atoms with E-state index in [1.165, 1.54) is 10.9 Å². The molecule has 0 unspecified atom stereocenters. The predicted molar refractivity (Wildman–Crippen MR) is 113 cm³/mol. The molecule has 2 aromatic rings. The summed E-state index contributed by atoms with van der Waals surface area (Å²) in [4.78, 5) is 10.0. The smallest absolute Gasteiger partial charge is 0.191 e. The van der Waals surface area contributed by atoms with E-state index in [1.54, 1.807) is 17.4 Å². The van der Waals surface area contributed by atoms with Crippen molar-refractivity contribution in [2.24, 2.45) is 4.99 Å². The Morgan fingerprint density at radius 3 is 2.79 bits per heavy atom. The molecule has 0 saturated heterocycles. The number of thiazole rings is 1. The molecule has 0 bridgehead atoms. The molecule has 0 spiro atoms. The van der Waals surface area contributed by atoms with Crippen molar-refractivity contribution in [2.75, 3.05) is 13.1 Å². The highest BCUT2D eigenvalue weighted by Crippen LogP contribution is 2.16. The zero-order valence-electron chi connectivity index (χ0n) is 13.6. The molecule has 24 heavy (non-hydrogen) atoms. The topological polar surface area (TPSA) is 49.3 Å². The zero-order valence-corrected chi connectivity index (χ0v) is 18.3. The first-order chi connectivity index (χ1) is 11.1. The Balaban J connectivity index is 0.00000288. The van der Waals surface area contributed by atoms with Gasteiger partial charge < -0.3 is 10.6 Å². The van der Waals surface area contributed by atoms with Crippen LogP contribution in [-0.4, -0.2) is 24.0 Å². The van der Waals surface area contributed by atoms with E-state index < -0.39 is 0 Å². The molecule has 0 fully saturated rings. The van der Waals surface area contributed by atoms with Gasteiger partial charge in [-0.2, -0.15) is 0 Å². The van der Waals surface area contributed by atoms with Gasteiger partial charge in [0.05, 0.1) is 16.0 Å². The van der Waals surface area contributed by atoms with Crippen molar-refractivity contribution in [3.05, 3.63) is 50.1 Å². The van der Waals surface area contributed by atoms with Crippen LogP contribution in [0.3, 0.4) is 0 Å². The lowest BCUT2D eigenvalue weighted by Crippen LogP contribution is -2.38. The van der Waals surface area contributed by atoms with E-state index in [0.717, 1.165) is 36.0 Å². The molecule has 1 aromatic carbocycles. The van der Waals surface area contributed by atoms with Gasteiger partial charge in [0.1, 0.15) is 5.82 Å². The molecule has 0 saturated carbocycles. The monoisotopic (exact) mass is 526 g/mol. The molecule has 1 heterocycles. The summed E-state index contributed by atoms with van der Waals surface area (Å²) in [6.45, 7) is 6.03. The van der Waals surface area contributed by atoms with E-state index in [1.807, 2.05) is 19.2 Å². The number of aryl methyl sites for hydroxylation is 1. The van der Waals surface area contributed by atoms with E-state index in [9.17, 15) is 4.39 Å². The number of hydrogen-bond donors (Lipinski definition) is 2. The Labute approximate surface area is 171 Å². The number of aromatic nitrogens is 1. The Morgan fingerprint density at radius 2 is 2.17 bits per heavy atom. The maximum absolute atomic E-state index is 13.5. The summed E-state index contributed by atoms with van der Waals surface area (Å²) < 4.78 is 14.0. The maximum atomic E-state index is 13.5. The molecule has 2 N–H and O–H groups in total. The average Bonchev–Trinajstić information content (AvgIpc) is 2.93. The first kappa shape index (κ1) is 21.3. The van der Waals surface area contributed by atoms with Gasteiger partial charge in [0, 0.05) is 30.6 Å². The molecule has 132 valence electrons. The third-order valence-electron chi connectivity index (χ3n) is 3.05. The number of rotatable bonds is 6. The minimum Gasteiger partial charge on any atom is -0.357 e. The summed E-state index contributed by atoms with van der Waals surface area (Å²) in [6.07, 6.45) is 2.75. The highest BCUT2D eigenvalue weighted by Gasteiger charge is 2.03. The van der Waals surface area contributed by atoms with Gasteiger partial charge in [0.2, 0.25) is 0 Å². The molecule has 8 heteroatoms. The quantitative estimate of drug-likeness (QED) is 0.336. The van der Waals surface area contributed by atoms with Gasteiger partial charge in [-0.3, -0.25) is 0 Å². The number of nitrogens with zero attached hydrogens (tertiary/aromatic N) is 2. The Kier molecular flexibility index (Phi) is 9.75. The third-order valence-corrected chi connectivity index (χ3v) is 4.66. The van der Waals surface area contributed by atoms with Crippen LogP contribution in [-0.2, 0) is 13.0 Å². The lowest BCUT2D eigenvalue weighted by molar-refractivity contribution is 0.618. The molecule has 0 amide bonds. The van der Waals surface area contributed by atoms with Gasteiger partial charge in [0.25, 0.3) is 0 Å². The van der Waals surface area contributed by atoms with Crippen molar-refractivity contribution >= 4 is 57.2 Å². The van der Waals surface area contributed by atoms with Gasteiger partial charge in [-0.25, -0.2) is 14.4 Å². The molecule has 0 radical (unpaired) electrons. The third kappa shape index (κ3) is 7.02. The highest BCUT2D eigenvalue weighted by molar-refractivity contribution is 14.0. The average molecular weight is 527 g/mol. The number of nitrogens with one attached hydrogen (secondary N) is 2. The SMILES string of the molecule is CCNC(=NCc1ccc(Br)c(F)c1)NCCc1ncc(C)s1.I. The summed E-state index contributed by atoms with van der Waals surface area (Å²) in [5.74, 6) is 0.457. The van der Waals surface area contributed by atoms with Gasteiger partial charge in [-0.1, -0.05) is 6.07 Å². The van der Waals surface area contributed by atoms with Crippen LogP contribution >= 0.6 is 51.2 Å². The largest absolute Gasteiger partial charge is 0.357 e. The number of aliphatic imine (C=N–C) groups is 1. The van der Waals surface area contributed by atoms with Crippen molar-refractivity contribution in [1.82, 2.24) is 15.6 Å². The van der Waals surface area contributed by atoms with Crippen LogP contribution in [0.15, 0.2) is 33.9 Å². The standard InChI is InChI=1S/C16H20BrFN4S.HI/c1-3-19-16(20-7-6-15-21-9-11(2)23-15)22-10-12-4-5-13(17)14(18)8-12;/h4-5,8-9H,3,6-7,10H2,1-2H3,(H2,19,20,22);1H. The molecule has 2 rings (SSSR count). The Morgan fingerprint density at radius 1 is 1.38 bits per heavy atom. The van der Waals surface area contributed by atoms with Gasteiger partial charge in [-0.15, -0.1) is 35.3 Å². The van der Waals surface area contributed by atoms with Crippen LogP contribution in [0.2, 0.25) is 0 Å². The zero-order chi connectivity index (χ0) is 16.7. The molecule has 0 aliphatic carbocycles. The lowest BCUT2D eigenvalue weighted by atomic mass is 10.2. The van der Waals surface area contributed by atoms with E-state index in [4.69, 9.17) is 0 Å². The summed E-state index contributed by atoms with van der Waals surface area (Å²) in [7, 11) is 0. The van der Waals surface area contributed by atoms with Crippen molar-refractivity contribution in [3.63, 3.8) is 0 Å². The van der Waals surface area contributed by atoms with Gasteiger partial charge >= 0.3 is 0 Å². The second-order valence-electron chi connectivity index (χ2n) is 4.99. The van der Waals surface area contributed by atoms with Crippen LogP contribution in [0, 0.1) is 12.7 Å². The van der Waals surface area contributed by atoms with Crippen molar-refractivity contribution in [1.29, 1.82) is 0 Å². The fourth-order valence-electron chi connectivity index (χ4n) is 1.95. The molecule has 0 atom stereocenters. The van der Waals surface area contributed by atoms with E-state index in [2.05, 4.69) is 43.5 Å². The van der Waals surface area contributed by atoms with Crippen LogP contribution in [0.4, 0.5) is 4.39 Å². The molecule has 0 aliphatic heterocycles. The Bertz CT molecular complexity index is 678. The van der Waals surface area contributed by atoms with Crippen LogP contribution in [0.5, 0.6) is 0 Å². The maximum Gasteiger partial charge on any atom is 0.191 e. The molecule has 1 aromatic heterocycles. The minimum atomic E-state index is -0.269. The molecular weight excluding hydrogens is 506 g/mol. The Hall–Kier alpha value is -0.740. The van der Waals surface area contributed by atoms with Crippen LogP contribution < -0.4 is 10.6 Å². The van der Waals surface area contributed by atoms with E-state index in [0.29, 0.717) is 11.0 Å². The second-order valence-corrected chi connectivity index (χ2v) is 7.16. The second kappa shape index (κ2) is 11.0. The normalized spacial score (nSPS) is 11.1. The van der Waals surface area contributed by atoms with E-state index >= 15 is 0 Å². The number of guanidine groups is 1. The fraction of sp³-hybridized carbons (Fsp3) is 0.375. The summed E-state index contributed by atoms with van der Waals surface area (Å²) in [5, 5.41) is 7.58. The lowest BCUT2D eigenvalue weighted by Gasteiger charge is -2.10. The van der Waals surface area contributed by atoms with E-state index in [-0.39, 0.29) is 29.8 Å². The highest BCUT2D eigenvalue weighted by atomic mass is 127. The van der Waals surface area contributed by atoms with Crippen molar-refractivity contribution < 1.29 is 4.39 Å². The minimum absolute atomic E-state index is 0. The molecule has 0 aliphatic rings. The number of benzene rings is 1. The van der Waals surface area contributed by atoms with Crippen molar-refractivity contribution in [3.8, 4) is 0 Å². The van der Waals surface area contributed by atoms with Gasteiger partial charge in [0.15, 0.2) is 5.96 Å². The number of halogens is 3. The summed E-state index contributed by atoms with van der Waals surface area (Å²) >= 11 is 4.86. The van der Waals surface area contributed by atoms with Gasteiger partial charge in [-0.05, 0) is 47.5 Å².